The van der Waals surface area contributed by atoms with Gasteiger partial charge in [0.05, 0.1) is 11.4 Å². The van der Waals surface area contributed by atoms with Gasteiger partial charge in [-0.25, -0.2) is 0 Å². The molecule has 0 radical (unpaired) electrons. The van der Waals surface area contributed by atoms with Crippen LogP contribution in [-0.2, 0) is 0 Å². The first kappa shape index (κ1) is 27.8. The molecular weight excluding hydrogens is 599 g/mol. The van der Waals surface area contributed by atoms with E-state index in [9.17, 15) is 0 Å². The molecular formula is C46H31NO2. The molecule has 0 aliphatic heterocycles. The van der Waals surface area contributed by atoms with E-state index in [1.165, 1.54) is 16.7 Å². The van der Waals surface area contributed by atoms with Crippen molar-refractivity contribution in [3.63, 3.8) is 0 Å². The van der Waals surface area contributed by atoms with Gasteiger partial charge in [-0.05, 0) is 53.3 Å². The van der Waals surface area contributed by atoms with Crippen LogP contribution < -0.4 is 4.90 Å². The van der Waals surface area contributed by atoms with Gasteiger partial charge in [0.15, 0.2) is 0 Å². The van der Waals surface area contributed by atoms with Gasteiger partial charge in [0.1, 0.15) is 22.3 Å². The van der Waals surface area contributed by atoms with Crippen LogP contribution >= 0.6 is 0 Å². The molecule has 3 heteroatoms. The van der Waals surface area contributed by atoms with Crippen molar-refractivity contribution in [2.45, 2.75) is 12.3 Å². The predicted octanol–water partition coefficient (Wildman–Crippen LogP) is 13.1. The summed E-state index contributed by atoms with van der Waals surface area (Å²) >= 11 is 0. The van der Waals surface area contributed by atoms with Crippen molar-refractivity contribution in [1.82, 2.24) is 0 Å². The molecule has 1 aliphatic rings. The van der Waals surface area contributed by atoms with Gasteiger partial charge in [-0.15, -0.1) is 0 Å². The molecule has 49 heavy (non-hydrogen) atoms. The third-order valence-corrected chi connectivity index (χ3v) is 10.00. The Bertz CT molecular complexity index is 2750. The fourth-order valence-corrected chi connectivity index (χ4v) is 7.76. The van der Waals surface area contributed by atoms with E-state index < -0.39 is 0 Å². The van der Waals surface area contributed by atoms with E-state index in [1.54, 1.807) is 0 Å². The lowest BCUT2D eigenvalue weighted by atomic mass is 9.91. The zero-order valence-electron chi connectivity index (χ0n) is 26.7. The number of fused-ring (bicyclic) bond motifs is 9. The van der Waals surface area contributed by atoms with Crippen molar-refractivity contribution in [3.05, 3.63) is 181 Å². The van der Waals surface area contributed by atoms with Crippen LogP contribution in [0.1, 0.15) is 17.9 Å². The van der Waals surface area contributed by atoms with Crippen molar-refractivity contribution in [2.75, 3.05) is 4.90 Å². The van der Waals surface area contributed by atoms with Gasteiger partial charge in [-0.1, -0.05) is 133 Å². The highest BCUT2D eigenvalue weighted by Crippen LogP contribution is 2.48. The molecule has 10 rings (SSSR count). The van der Waals surface area contributed by atoms with Gasteiger partial charge >= 0.3 is 0 Å². The molecule has 0 bridgehead atoms. The van der Waals surface area contributed by atoms with E-state index in [4.69, 9.17) is 8.83 Å². The predicted molar refractivity (Wildman–Crippen MR) is 204 cm³/mol. The van der Waals surface area contributed by atoms with Gasteiger partial charge in [0.2, 0.25) is 0 Å². The van der Waals surface area contributed by atoms with Crippen LogP contribution in [0.15, 0.2) is 184 Å². The maximum absolute atomic E-state index is 6.78. The summed E-state index contributed by atoms with van der Waals surface area (Å²) in [6.07, 6.45) is 7.95. The summed E-state index contributed by atoms with van der Waals surface area (Å²) < 4.78 is 13.1. The molecule has 232 valence electrons. The third-order valence-electron chi connectivity index (χ3n) is 10.00. The van der Waals surface area contributed by atoms with E-state index in [0.29, 0.717) is 5.92 Å². The normalized spacial score (nSPS) is 14.7. The molecule has 0 spiro atoms. The summed E-state index contributed by atoms with van der Waals surface area (Å²) in [5.74, 6) is 0.331. The van der Waals surface area contributed by atoms with Crippen LogP contribution in [0.5, 0.6) is 0 Å². The van der Waals surface area contributed by atoms with Gasteiger partial charge in [-0.3, -0.25) is 0 Å². The minimum Gasteiger partial charge on any atom is -0.456 e. The highest BCUT2D eigenvalue weighted by Gasteiger charge is 2.25. The second-order valence-corrected chi connectivity index (χ2v) is 12.8. The van der Waals surface area contributed by atoms with Gasteiger partial charge in [0.25, 0.3) is 0 Å². The smallest absolute Gasteiger partial charge is 0.138 e. The first-order valence-corrected chi connectivity index (χ1v) is 16.9. The quantitative estimate of drug-likeness (QED) is 0.190. The molecule has 2 heterocycles. The Morgan fingerprint density at radius 3 is 1.92 bits per heavy atom. The molecule has 0 saturated carbocycles. The Morgan fingerprint density at radius 1 is 0.490 bits per heavy atom. The fraction of sp³-hybridized carbons (Fsp3) is 0.0435. The van der Waals surface area contributed by atoms with Gasteiger partial charge in [-0.2, -0.15) is 0 Å². The van der Waals surface area contributed by atoms with Crippen molar-refractivity contribution in [1.29, 1.82) is 0 Å². The van der Waals surface area contributed by atoms with Gasteiger partial charge in [0, 0.05) is 50.2 Å². The monoisotopic (exact) mass is 629 g/mol. The number of anilines is 2. The van der Waals surface area contributed by atoms with Crippen LogP contribution in [0, 0.1) is 0 Å². The molecule has 2 aromatic heterocycles. The number of nitrogens with zero attached hydrogens (tertiary/aromatic N) is 1. The maximum Gasteiger partial charge on any atom is 0.138 e. The number of benzene rings is 7. The first-order chi connectivity index (χ1) is 24.3. The van der Waals surface area contributed by atoms with Crippen LogP contribution in [0.25, 0.3) is 65.8 Å². The molecule has 9 aromatic rings. The Hall–Kier alpha value is -6.32. The number of hydrogen-bond donors (Lipinski definition) is 0. The van der Waals surface area contributed by atoms with E-state index in [-0.39, 0.29) is 0 Å². The zero-order chi connectivity index (χ0) is 32.3. The summed E-state index contributed by atoms with van der Waals surface area (Å²) in [5.41, 5.74) is 10.5. The SMILES string of the molecule is C1=CC(c2ccccc2)CC=C1N(c1ccccc1-c1ccccc1)c1cc2oc3ccc4oc5ccccc5c4c3c2c2ccccc12. The average molecular weight is 630 g/mol. The Labute approximate surface area is 283 Å². The molecule has 0 saturated heterocycles. The number of rotatable bonds is 5. The maximum atomic E-state index is 6.78. The van der Waals surface area contributed by atoms with E-state index >= 15 is 0 Å². The Kier molecular flexibility index (Phi) is 6.31. The van der Waals surface area contributed by atoms with Crippen molar-refractivity contribution < 1.29 is 8.83 Å². The minimum atomic E-state index is 0.331. The molecule has 0 fully saturated rings. The number of para-hydroxylation sites is 2. The molecule has 0 amide bonds. The first-order valence-electron chi connectivity index (χ1n) is 16.9. The summed E-state index contributed by atoms with van der Waals surface area (Å²) in [6, 6.07) is 53.5. The van der Waals surface area contributed by atoms with Crippen LogP contribution in [0.2, 0.25) is 0 Å². The molecule has 3 nitrogen and oxygen atoms in total. The Balaban J connectivity index is 1.25. The third kappa shape index (κ3) is 4.43. The topological polar surface area (TPSA) is 29.5 Å². The number of hydrogen-bond acceptors (Lipinski definition) is 3. The fourth-order valence-electron chi connectivity index (χ4n) is 7.76. The van der Waals surface area contributed by atoms with Crippen molar-refractivity contribution >= 4 is 66.0 Å². The van der Waals surface area contributed by atoms with E-state index in [0.717, 1.165) is 78.1 Å². The second-order valence-electron chi connectivity index (χ2n) is 12.8. The highest BCUT2D eigenvalue weighted by molar-refractivity contribution is 6.32. The van der Waals surface area contributed by atoms with E-state index in [2.05, 4.69) is 151 Å². The average Bonchev–Trinajstić information content (AvgIpc) is 3.74. The Morgan fingerprint density at radius 2 is 1.12 bits per heavy atom. The zero-order valence-corrected chi connectivity index (χ0v) is 26.7. The lowest BCUT2D eigenvalue weighted by Gasteiger charge is -2.31. The number of furan rings is 2. The van der Waals surface area contributed by atoms with Crippen LogP contribution in [-0.4, -0.2) is 0 Å². The van der Waals surface area contributed by atoms with Gasteiger partial charge < -0.3 is 13.7 Å². The van der Waals surface area contributed by atoms with Crippen LogP contribution in [0.4, 0.5) is 11.4 Å². The standard InChI is InChI=1S/C46H31NO2/c1-3-13-30(14-4-1)31-23-25-33(26-24-31)47(38-21-11-9-17-34(38)32-15-5-2-6-16-32)39-29-43-44(36-19-8-7-18-35(36)39)46-42(49-43)28-27-41-45(46)37-20-10-12-22-40(37)48-41/h1-23,25-29,31H,24H2. The lowest BCUT2D eigenvalue weighted by molar-refractivity contribution is 0.663. The molecule has 1 unspecified atom stereocenters. The summed E-state index contributed by atoms with van der Waals surface area (Å²) in [7, 11) is 0. The summed E-state index contributed by atoms with van der Waals surface area (Å²) in [4.78, 5) is 2.43. The molecule has 7 aromatic carbocycles. The lowest BCUT2D eigenvalue weighted by Crippen LogP contribution is -2.18. The summed E-state index contributed by atoms with van der Waals surface area (Å²) in [6.45, 7) is 0. The highest BCUT2D eigenvalue weighted by atomic mass is 16.3. The largest absolute Gasteiger partial charge is 0.456 e. The van der Waals surface area contributed by atoms with Crippen LogP contribution in [0.3, 0.4) is 0 Å². The number of allylic oxidation sites excluding steroid dienone is 3. The molecule has 1 aliphatic carbocycles. The van der Waals surface area contributed by atoms with Crippen molar-refractivity contribution in [2.24, 2.45) is 0 Å². The van der Waals surface area contributed by atoms with Crippen molar-refractivity contribution in [3.8, 4) is 11.1 Å². The minimum absolute atomic E-state index is 0.331. The molecule has 0 N–H and O–H groups in total. The second kappa shape index (κ2) is 11.1. The summed E-state index contributed by atoms with van der Waals surface area (Å²) in [5, 5.41) is 6.71. The van der Waals surface area contributed by atoms with E-state index in [1.807, 2.05) is 24.3 Å². The molecule has 1 atom stereocenters.